The molecule has 0 radical (unpaired) electrons. The molecule has 0 fully saturated rings. The summed E-state index contributed by atoms with van der Waals surface area (Å²) in [6.07, 6.45) is 0. The Morgan fingerprint density at radius 1 is 0.941 bits per heavy atom. The van der Waals surface area contributed by atoms with Gasteiger partial charge in [0.25, 0.3) is 5.91 Å². The minimum Gasteiger partial charge on any atom is -0.399 e. The molecule has 0 saturated carbocycles. The zero-order valence-corrected chi connectivity index (χ0v) is 9.18. The Morgan fingerprint density at radius 3 is 2.29 bits per heavy atom. The third-order valence-corrected chi connectivity index (χ3v) is 2.54. The van der Waals surface area contributed by atoms with E-state index in [2.05, 4.69) is 0 Å². The van der Waals surface area contributed by atoms with Crippen LogP contribution in [0.1, 0.15) is 10.4 Å². The first-order valence-corrected chi connectivity index (χ1v) is 5.13. The smallest absolute Gasteiger partial charge is 0.250 e. The van der Waals surface area contributed by atoms with E-state index in [4.69, 9.17) is 17.2 Å². The molecule has 2 rings (SSSR count). The molecule has 6 N–H and O–H groups in total. The van der Waals surface area contributed by atoms with Crippen LogP contribution >= 0.6 is 0 Å². The topological polar surface area (TPSA) is 95.1 Å². The van der Waals surface area contributed by atoms with E-state index in [1.54, 1.807) is 18.2 Å². The van der Waals surface area contributed by atoms with Gasteiger partial charge in [-0.25, -0.2) is 0 Å². The van der Waals surface area contributed by atoms with Crippen molar-refractivity contribution in [2.75, 3.05) is 11.5 Å². The van der Waals surface area contributed by atoms with Crippen molar-refractivity contribution in [3.8, 4) is 11.1 Å². The van der Waals surface area contributed by atoms with Crippen LogP contribution in [-0.2, 0) is 0 Å². The van der Waals surface area contributed by atoms with Gasteiger partial charge in [-0.3, -0.25) is 4.79 Å². The Balaban J connectivity index is 2.54. The SMILES string of the molecule is NC(=O)c1cc(-c2cccc(N)c2)ccc1N. The molecule has 2 aromatic carbocycles. The molecule has 0 aliphatic rings. The molecule has 0 atom stereocenters. The molecule has 86 valence electrons. The first kappa shape index (κ1) is 11.0. The van der Waals surface area contributed by atoms with Crippen molar-refractivity contribution in [2.45, 2.75) is 0 Å². The largest absolute Gasteiger partial charge is 0.399 e. The zero-order chi connectivity index (χ0) is 12.4. The summed E-state index contributed by atoms with van der Waals surface area (Å²) in [5.74, 6) is -0.534. The van der Waals surface area contributed by atoms with E-state index in [0.717, 1.165) is 11.1 Å². The minimum absolute atomic E-state index is 0.324. The van der Waals surface area contributed by atoms with Crippen LogP contribution in [0.4, 0.5) is 11.4 Å². The molecule has 0 aliphatic carbocycles. The van der Waals surface area contributed by atoms with E-state index >= 15 is 0 Å². The normalized spacial score (nSPS) is 10.1. The molecule has 0 saturated heterocycles. The lowest BCUT2D eigenvalue weighted by Crippen LogP contribution is -2.13. The molecule has 4 nitrogen and oxygen atoms in total. The second-order valence-electron chi connectivity index (χ2n) is 3.79. The van der Waals surface area contributed by atoms with Crippen LogP contribution < -0.4 is 17.2 Å². The van der Waals surface area contributed by atoms with Crippen LogP contribution in [0.2, 0.25) is 0 Å². The van der Waals surface area contributed by atoms with Gasteiger partial charge in [-0.05, 0) is 35.4 Å². The summed E-state index contributed by atoms with van der Waals surface area (Å²) >= 11 is 0. The van der Waals surface area contributed by atoms with E-state index in [9.17, 15) is 4.79 Å². The molecule has 0 bridgehead atoms. The average molecular weight is 227 g/mol. The summed E-state index contributed by atoms with van der Waals surface area (Å²) in [7, 11) is 0. The monoisotopic (exact) mass is 227 g/mol. The van der Waals surface area contributed by atoms with Gasteiger partial charge >= 0.3 is 0 Å². The number of primary amides is 1. The molecule has 0 spiro atoms. The molecule has 2 aromatic rings. The number of hydrogen-bond donors (Lipinski definition) is 3. The number of nitrogens with two attached hydrogens (primary N) is 3. The summed E-state index contributed by atoms with van der Waals surface area (Å²) in [5, 5.41) is 0. The fraction of sp³-hybridized carbons (Fsp3) is 0. The summed E-state index contributed by atoms with van der Waals surface area (Å²) in [6, 6.07) is 12.6. The van der Waals surface area contributed by atoms with Crippen LogP contribution in [0.15, 0.2) is 42.5 Å². The molecule has 0 heterocycles. The molecular weight excluding hydrogens is 214 g/mol. The molecular formula is C13H13N3O. The van der Waals surface area contributed by atoms with Crippen molar-refractivity contribution in [3.05, 3.63) is 48.0 Å². The van der Waals surface area contributed by atoms with E-state index in [1.165, 1.54) is 0 Å². The van der Waals surface area contributed by atoms with Crippen molar-refractivity contribution >= 4 is 17.3 Å². The Kier molecular flexibility index (Phi) is 2.70. The minimum atomic E-state index is -0.534. The predicted molar refractivity (Wildman–Crippen MR) is 69.2 cm³/mol. The van der Waals surface area contributed by atoms with Gasteiger partial charge in [-0.1, -0.05) is 18.2 Å². The maximum absolute atomic E-state index is 11.2. The zero-order valence-electron chi connectivity index (χ0n) is 9.18. The number of nitrogen functional groups attached to an aromatic ring is 2. The molecule has 17 heavy (non-hydrogen) atoms. The van der Waals surface area contributed by atoms with E-state index in [-0.39, 0.29) is 0 Å². The highest BCUT2D eigenvalue weighted by atomic mass is 16.1. The lowest BCUT2D eigenvalue weighted by atomic mass is 10.0. The lowest BCUT2D eigenvalue weighted by molar-refractivity contribution is 0.100. The Labute approximate surface area is 99.0 Å². The number of carbonyl (C=O) groups excluding carboxylic acids is 1. The van der Waals surface area contributed by atoms with Gasteiger partial charge in [-0.15, -0.1) is 0 Å². The quantitative estimate of drug-likeness (QED) is 0.680. The van der Waals surface area contributed by atoms with Gasteiger partial charge in [0.2, 0.25) is 0 Å². The van der Waals surface area contributed by atoms with Gasteiger partial charge in [0.05, 0.1) is 5.56 Å². The predicted octanol–water partition coefficient (Wildman–Crippen LogP) is 1.62. The van der Waals surface area contributed by atoms with Gasteiger partial charge in [0, 0.05) is 11.4 Å². The number of amides is 1. The van der Waals surface area contributed by atoms with Crippen LogP contribution in [0.5, 0.6) is 0 Å². The van der Waals surface area contributed by atoms with Gasteiger partial charge < -0.3 is 17.2 Å². The average Bonchev–Trinajstić information content (AvgIpc) is 2.29. The Morgan fingerprint density at radius 2 is 1.65 bits per heavy atom. The second kappa shape index (κ2) is 4.17. The Hall–Kier alpha value is -2.49. The maximum atomic E-state index is 11.2. The molecule has 0 aromatic heterocycles. The van der Waals surface area contributed by atoms with E-state index in [0.29, 0.717) is 16.9 Å². The highest BCUT2D eigenvalue weighted by Crippen LogP contribution is 2.24. The van der Waals surface area contributed by atoms with Crippen LogP contribution in [0.3, 0.4) is 0 Å². The van der Waals surface area contributed by atoms with Crippen molar-refractivity contribution in [2.24, 2.45) is 5.73 Å². The Bertz CT molecular complexity index is 579. The highest BCUT2D eigenvalue weighted by molar-refractivity contribution is 5.99. The standard InChI is InChI=1S/C13H13N3O/c14-10-3-1-2-8(6-10)9-4-5-12(15)11(7-9)13(16)17/h1-7H,14-15H2,(H2,16,17). The number of benzene rings is 2. The molecule has 4 heteroatoms. The summed E-state index contributed by atoms with van der Waals surface area (Å²) in [6.45, 7) is 0. The lowest BCUT2D eigenvalue weighted by Gasteiger charge is -2.06. The summed E-state index contributed by atoms with van der Waals surface area (Å²) in [5.41, 5.74) is 19.8. The number of carbonyl (C=O) groups is 1. The van der Waals surface area contributed by atoms with Crippen molar-refractivity contribution in [1.82, 2.24) is 0 Å². The summed E-state index contributed by atoms with van der Waals surface area (Å²) in [4.78, 5) is 11.2. The van der Waals surface area contributed by atoms with Gasteiger partial charge in [-0.2, -0.15) is 0 Å². The first-order valence-electron chi connectivity index (χ1n) is 5.13. The van der Waals surface area contributed by atoms with E-state index in [1.807, 2.05) is 24.3 Å². The fourth-order valence-corrected chi connectivity index (χ4v) is 1.67. The number of anilines is 2. The van der Waals surface area contributed by atoms with E-state index < -0.39 is 5.91 Å². The van der Waals surface area contributed by atoms with Gasteiger partial charge in [0.1, 0.15) is 0 Å². The highest BCUT2D eigenvalue weighted by Gasteiger charge is 2.07. The third kappa shape index (κ3) is 2.20. The first-order chi connectivity index (χ1) is 8.08. The third-order valence-electron chi connectivity index (χ3n) is 2.54. The molecule has 1 amide bonds. The second-order valence-corrected chi connectivity index (χ2v) is 3.79. The van der Waals surface area contributed by atoms with Crippen LogP contribution in [0, 0.1) is 0 Å². The fourth-order valence-electron chi connectivity index (χ4n) is 1.67. The molecule has 0 aliphatic heterocycles. The van der Waals surface area contributed by atoms with Crippen LogP contribution in [-0.4, -0.2) is 5.91 Å². The number of rotatable bonds is 2. The van der Waals surface area contributed by atoms with Crippen molar-refractivity contribution in [3.63, 3.8) is 0 Å². The van der Waals surface area contributed by atoms with Crippen LogP contribution in [0.25, 0.3) is 11.1 Å². The number of hydrogen-bond acceptors (Lipinski definition) is 3. The van der Waals surface area contributed by atoms with Gasteiger partial charge in [0.15, 0.2) is 0 Å². The summed E-state index contributed by atoms with van der Waals surface area (Å²) < 4.78 is 0. The van der Waals surface area contributed by atoms with Crippen molar-refractivity contribution in [1.29, 1.82) is 0 Å². The maximum Gasteiger partial charge on any atom is 0.250 e. The van der Waals surface area contributed by atoms with Crippen molar-refractivity contribution < 1.29 is 4.79 Å². The molecule has 0 unspecified atom stereocenters.